The molecule has 4 heteroatoms. The second-order valence-electron chi connectivity index (χ2n) is 1.71. The Balaban J connectivity index is 3.71. The van der Waals surface area contributed by atoms with Gasteiger partial charge in [-0.1, -0.05) is 6.92 Å². The molecular weight excluding hydrogens is 124 g/mol. The number of aliphatic carboxylic acids is 1. The van der Waals surface area contributed by atoms with Gasteiger partial charge >= 0.3 is 5.97 Å². The minimum atomic E-state index is -2.16. The highest BCUT2D eigenvalue weighted by atomic mass is 16.5. The Morgan fingerprint density at radius 2 is 2.11 bits per heavy atom. The van der Waals surface area contributed by atoms with Crippen molar-refractivity contribution in [2.75, 3.05) is 0 Å². The Hall–Kier alpha value is -0.610. The van der Waals surface area contributed by atoms with Gasteiger partial charge in [0.15, 0.2) is 5.79 Å². The van der Waals surface area contributed by atoms with Crippen molar-refractivity contribution in [3.63, 3.8) is 0 Å². The summed E-state index contributed by atoms with van der Waals surface area (Å²) in [5.74, 6) is -3.49. The van der Waals surface area contributed by atoms with Crippen LogP contribution in [0.15, 0.2) is 0 Å². The highest BCUT2D eigenvalue weighted by Crippen LogP contribution is 2.07. The summed E-state index contributed by atoms with van der Waals surface area (Å²) in [5, 5.41) is 25.2. The summed E-state index contributed by atoms with van der Waals surface area (Å²) >= 11 is 0. The van der Waals surface area contributed by atoms with Gasteiger partial charge in [-0.25, -0.2) is 0 Å². The fourth-order valence-corrected chi connectivity index (χ4v) is 0.300. The maximum absolute atomic E-state index is 9.80. The zero-order chi connectivity index (χ0) is 7.49. The minimum Gasteiger partial charge on any atom is -0.481 e. The van der Waals surface area contributed by atoms with E-state index in [2.05, 4.69) is 0 Å². The summed E-state index contributed by atoms with van der Waals surface area (Å²) in [6.45, 7) is 1.47. The quantitative estimate of drug-likeness (QED) is 0.448. The average Bonchev–Trinajstić information content (AvgIpc) is 1.63. The number of hydrogen-bond acceptors (Lipinski definition) is 3. The summed E-state index contributed by atoms with van der Waals surface area (Å²) in [7, 11) is 0. The summed E-state index contributed by atoms with van der Waals surface area (Å²) in [6.07, 6.45) is 0.409. The van der Waals surface area contributed by atoms with Crippen LogP contribution in [0.3, 0.4) is 0 Å². The third-order valence-electron chi connectivity index (χ3n) is 0.875. The molecule has 0 aliphatic rings. The molecule has 0 aromatic rings. The molecule has 0 atom stereocenters. The van der Waals surface area contributed by atoms with Gasteiger partial charge in [0.25, 0.3) is 0 Å². The van der Waals surface area contributed by atoms with Crippen LogP contribution in [0.2, 0.25) is 0 Å². The van der Waals surface area contributed by atoms with Gasteiger partial charge in [0.1, 0.15) is 6.42 Å². The van der Waals surface area contributed by atoms with Crippen LogP contribution in [0.5, 0.6) is 0 Å². The monoisotopic (exact) mass is 133 g/mol. The minimum absolute atomic E-state index is 0.0285. The van der Waals surface area contributed by atoms with Gasteiger partial charge < -0.3 is 15.3 Å². The molecule has 0 spiro atoms. The van der Waals surface area contributed by atoms with Crippen molar-refractivity contribution in [1.29, 1.82) is 0 Å². The van der Waals surface area contributed by atoms with Crippen molar-refractivity contribution in [3.05, 3.63) is 6.42 Å². The zero-order valence-corrected chi connectivity index (χ0v) is 5.03. The van der Waals surface area contributed by atoms with E-state index in [-0.39, 0.29) is 6.42 Å². The predicted octanol–water partition coefficient (Wildman–Crippen LogP) is -0.634. The Kier molecular flexibility index (Phi) is 2.61. The van der Waals surface area contributed by atoms with E-state index in [1.165, 1.54) is 6.92 Å². The highest BCUT2D eigenvalue weighted by Gasteiger charge is 2.24. The number of carboxylic acids is 1. The van der Waals surface area contributed by atoms with E-state index in [1.54, 1.807) is 0 Å². The molecule has 0 amide bonds. The highest BCUT2D eigenvalue weighted by molar-refractivity contribution is 5.77. The van der Waals surface area contributed by atoms with Crippen LogP contribution in [0, 0.1) is 6.42 Å². The van der Waals surface area contributed by atoms with Crippen molar-refractivity contribution < 1.29 is 20.1 Å². The van der Waals surface area contributed by atoms with Gasteiger partial charge in [-0.2, -0.15) is 0 Å². The van der Waals surface area contributed by atoms with Crippen LogP contribution in [-0.2, 0) is 4.79 Å². The molecule has 4 nitrogen and oxygen atoms in total. The van der Waals surface area contributed by atoms with E-state index in [4.69, 9.17) is 15.3 Å². The fourth-order valence-electron chi connectivity index (χ4n) is 0.300. The standard InChI is InChI=1S/C5H9O4/c1-2-5(8,9)3-4(6)7/h3,8-9H,2H2,1H3,(H,6,7). The van der Waals surface area contributed by atoms with Crippen molar-refractivity contribution in [1.82, 2.24) is 0 Å². The topological polar surface area (TPSA) is 77.8 Å². The molecule has 0 saturated carbocycles. The molecule has 53 valence electrons. The smallest absolute Gasteiger partial charge is 0.313 e. The first-order valence-electron chi connectivity index (χ1n) is 2.51. The van der Waals surface area contributed by atoms with Crippen LogP contribution in [0.1, 0.15) is 13.3 Å². The number of hydrogen-bond donors (Lipinski definition) is 3. The SMILES string of the molecule is CCC(O)(O)[CH]C(=O)O. The fraction of sp³-hybridized carbons (Fsp3) is 0.600. The van der Waals surface area contributed by atoms with E-state index in [0.29, 0.717) is 6.42 Å². The van der Waals surface area contributed by atoms with Gasteiger partial charge in [0.05, 0.1) is 0 Å². The zero-order valence-electron chi connectivity index (χ0n) is 5.03. The molecule has 0 bridgehead atoms. The maximum Gasteiger partial charge on any atom is 0.313 e. The summed E-state index contributed by atoms with van der Waals surface area (Å²) in [5.41, 5.74) is 0. The molecule has 9 heavy (non-hydrogen) atoms. The number of carboxylic acid groups (broad SMARTS) is 1. The van der Waals surface area contributed by atoms with Crippen LogP contribution in [-0.4, -0.2) is 27.1 Å². The molecule has 0 heterocycles. The molecular formula is C5H9O4. The van der Waals surface area contributed by atoms with Crippen molar-refractivity contribution >= 4 is 5.97 Å². The van der Waals surface area contributed by atoms with Gasteiger partial charge in [0.2, 0.25) is 0 Å². The van der Waals surface area contributed by atoms with Crippen LogP contribution >= 0.6 is 0 Å². The first kappa shape index (κ1) is 8.39. The number of aliphatic hydroxyl groups is 2. The lowest BCUT2D eigenvalue weighted by atomic mass is 10.1. The van der Waals surface area contributed by atoms with E-state index < -0.39 is 11.8 Å². The lowest BCUT2D eigenvalue weighted by Gasteiger charge is -2.15. The summed E-state index contributed by atoms with van der Waals surface area (Å²) in [6, 6.07) is 0. The van der Waals surface area contributed by atoms with Gasteiger partial charge in [-0.15, -0.1) is 0 Å². The Morgan fingerprint density at radius 3 is 2.22 bits per heavy atom. The largest absolute Gasteiger partial charge is 0.481 e. The Labute approximate surface area is 52.7 Å². The molecule has 0 unspecified atom stereocenters. The van der Waals surface area contributed by atoms with E-state index >= 15 is 0 Å². The van der Waals surface area contributed by atoms with Gasteiger partial charge in [0, 0.05) is 0 Å². The van der Waals surface area contributed by atoms with Crippen molar-refractivity contribution in [3.8, 4) is 0 Å². The molecule has 0 fully saturated rings. The molecule has 1 radical (unpaired) electrons. The molecule has 0 aromatic carbocycles. The van der Waals surface area contributed by atoms with Crippen molar-refractivity contribution in [2.45, 2.75) is 19.1 Å². The Morgan fingerprint density at radius 1 is 1.67 bits per heavy atom. The molecule has 0 saturated heterocycles. The van der Waals surface area contributed by atoms with Crippen LogP contribution < -0.4 is 0 Å². The molecule has 0 rings (SSSR count). The third-order valence-corrected chi connectivity index (χ3v) is 0.875. The predicted molar refractivity (Wildman–Crippen MR) is 29.4 cm³/mol. The van der Waals surface area contributed by atoms with E-state index in [0.717, 1.165) is 0 Å². The second kappa shape index (κ2) is 2.80. The molecule has 0 aromatic heterocycles. The lowest BCUT2D eigenvalue weighted by molar-refractivity contribution is -0.157. The first-order valence-corrected chi connectivity index (χ1v) is 2.51. The van der Waals surface area contributed by atoms with E-state index in [9.17, 15) is 4.79 Å². The average molecular weight is 133 g/mol. The Bertz CT molecular complexity index is 108. The van der Waals surface area contributed by atoms with Gasteiger partial charge in [-0.3, -0.25) is 4.79 Å². The van der Waals surface area contributed by atoms with Crippen LogP contribution in [0.4, 0.5) is 0 Å². The second-order valence-corrected chi connectivity index (χ2v) is 1.71. The van der Waals surface area contributed by atoms with Gasteiger partial charge in [-0.05, 0) is 6.42 Å². The summed E-state index contributed by atoms with van der Waals surface area (Å²) < 4.78 is 0. The third kappa shape index (κ3) is 3.93. The maximum atomic E-state index is 9.80. The normalized spacial score (nSPS) is 11.4. The lowest BCUT2D eigenvalue weighted by Crippen LogP contribution is -2.30. The number of carbonyl (C=O) groups is 1. The van der Waals surface area contributed by atoms with Crippen LogP contribution in [0.25, 0.3) is 0 Å². The van der Waals surface area contributed by atoms with Crippen molar-refractivity contribution in [2.24, 2.45) is 0 Å². The molecule has 0 aliphatic carbocycles. The first-order chi connectivity index (χ1) is 3.98. The summed E-state index contributed by atoms with van der Waals surface area (Å²) in [4.78, 5) is 9.80. The van der Waals surface area contributed by atoms with E-state index in [1.807, 2.05) is 0 Å². The number of rotatable bonds is 3. The molecule has 0 aliphatic heterocycles. The molecule has 3 N–H and O–H groups in total.